The van der Waals surface area contributed by atoms with Crippen LogP contribution in [0.5, 0.6) is 0 Å². The summed E-state index contributed by atoms with van der Waals surface area (Å²) in [6.45, 7) is 2.16. The molecular formula is C13H19N3OS. The lowest BCUT2D eigenvalue weighted by atomic mass is 10.2. The monoisotopic (exact) mass is 265 g/mol. The van der Waals surface area contributed by atoms with Crippen molar-refractivity contribution >= 4 is 23.5 Å². The van der Waals surface area contributed by atoms with E-state index in [0.717, 1.165) is 17.9 Å². The molecule has 4 nitrogen and oxygen atoms in total. The van der Waals surface area contributed by atoms with Crippen molar-refractivity contribution in [1.82, 2.24) is 10.3 Å². The zero-order chi connectivity index (χ0) is 12.8. The summed E-state index contributed by atoms with van der Waals surface area (Å²) in [4.78, 5) is 15.8. The highest BCUT2D eigenvalue weighted by Gasteiger charge is 2.28. The fourth-order valence-corrected chi connectivity index (χ4v) is 3.47. The lowest BCUT2D eigenvalue weighted by Crippen LogP contribution is -2.41. The van der Waals surface area contributed by atoms with Crippen LogP contribution in [0.4, 0.5) is 10.5 Å². The molecule has 1 saturated carbocycles. The Kier molecular flexibility index (Phi) is 4.87. The van der Waals surface area contributed by atoms with E-state index in [4.69, 9.17) is 0 Å². The maximum Gasteiger partial charge on any atom is 0.319 e. The summed E-state index contributed by atoms with van der Waals surface area (Å²) < 4.78 is 0. The van der Waals surface area contributed by atoms with Crippen LogP contribution in [-0.2, 0) is 0 Å². The van der Waals surface area contributed by atoms with Gasteiger partial charge in [-0.3, -0.25) is 4.98 Å². The third kappa shape index (κ3) is 3.63. The third-order valence-electron chi connectivity index (χ3n) is 3.07. The summed E-state index contributed by atoms with van der Waals surface area (Å²) >= 11 is 1.94. The van der Waals surface area contributed by atoms with Crippen LogP contribution >= 0.6 is 11.8 Å². The number of hydrogen-bond donors (Lipinski definition) is 2. The summed E-state index contributed by atoms with van der Waals surface area (Å²) in [6.07, 6.45) is 6.82. The van der Waals surface area contributed by atoms with Gasteiger partial charge in [0, 0.05) is 17.5 Å². The fourth-order valence-electron chi connectivity index (χ4n) is 2.28. The van der Waals surface area contributed by atoms with Gasteiger partial charge in [-0.15, -0.1) is 0 Å². The number of rotatable bonds is 4. The predicted molar refractivity (Wildman–Crippen MR) is 76.0 cm³/mol. The number of pyridine rings is 1. The minimum atomic E-state index is -0.128. The van der Waals surface area contributed by atoms with Crippen LogP contribution in [0, 0.1) is 0 Å². The van der Waals surface area contributed by atoms with E-state index in [0.29, 0.717) is 11.3 Å². The third-order valence-corrected chi connectivity index (χ3v) is 4.39. The first-order valence-corrected chi connectivity index (χ1v) is 7.43. The minimum Gasteiger partial charge on any atom is -0.334 e. The van der Waals surface area contributed by atoms with Gasteiger partial charge in [0.25, 0.3) is 0 Å². The highest BCUT2D eigenvalue weighted by atomic mass is 32.2. The average Bonchev–Trinajstić information content (AvgIpc) is 2.78. The van der Waals surface area contributed by atoms with Gasteiger partial charge in [0.2, 0.25) is 0 Å². The van der Waals surface area contributed by atoms with Gasteiger partial charge in [0.15, 0.2) is 0 Å². The van der Waals surface area contributed by atoms with Crippen LogP contribution in [0.15, 0.2) is 24.5 Å². The Morgan fingerprint density at radius 3 is 3.17 bits per heavy atom. The van der Waals surface area contributed by atoms with E-state index in [1.165, 1.54) is 12.8 Å². The molecule has 2 amide bonds. The molecule has 2 N–H and O–H groups in total. The van der Waals surface area contributed by atoms with Gasteiger partial charge in [0.1, 0.15) is 0 Å². The van der Waals surface area contributed by atoms with Crippen LogP contribution in [-0.4, -0.2) is 28.1 Å². The zero-order valence-electron chi connectivity index (χ0n) is 10.6. The summed E-state index contributed by atoms with van der Waals surface area (Å²) in [5, 5.41) is 6.44. The van der Waals surface area contributed by atoms with Crippen LogP contribution in [0.2, 0.25) is 0 Å². The number of hydrogen-bond acceptors (Lipinski definition) is 3. The molecule has 0 saturated heterocycles. The fraction of sp³-hybridized carbons (Fsp3) is 0.538. The Labute approximate surface area is 112 Å². The maximum absolute atomic E-state index is 11.9. The van der Waals surface area contributed by atoms with Crippen LogP contribution in [0.1, 0.15) is 26.2 Å². The van der Waals surface area contributed by atoms with Gasteiger partial charge in [-0.1, -0.05) is 13.3 Å². The molecule has 1 aliphatic rings. The second-order valence-corrected chi connectivity index (χ2v) is 5.89. The number of thioether (sulfide) groups is 1. The molecule has 1 aliphatic carbocycles. The van der Waals surface area contributed by atoms with Crippen molar-refractivity contribution in [2.24, 2.45) is 0 Å². The molecule has 0 aliphatic heterocycles. The smallest absolute Gasteiger partial charge is 0.319 e. The molecule has 0 spiro atoms. The predicted octanol–water partition coefficient (Wildman–Crippen LogP) is 2.88. The molecule has 1 aromatic rings. The van der Waals surface area contributed by atoms with Gasteiger partial charge in [-0.25, -0.2) is 4.79 Å². The van der Waals surface area contributed by atoms with Crippen molar-refractivity contribution < 1.29 is 4.79 Å². The Morgan fingerprint density at radius 2 is 2.44 bits per heavy atom. The lowest BCUT2D eigenvalue weighted by molar-refractivity contribution is 0.249. The van der Waals surface area contributed by atoms with E-state index in [-0.39, 0.29) is 6.03 Å². The molecule has 18 heavy (non-hydrogen) atoms. The highest BCUT2D eigenvalue weighted by Crippen LogP contribution is 2.29. The molecule has 0 radical (unpaired) electrons. The topological polar surface area (TPSA) is 54.0 Å². The van der Waals surface area contributed by atoms with Crippen molar-refractivity contribution in [2.45, 2.75) is 37.5 Å². The normalized spacial score (nSPS) is 22.7. The van der Waals surface area contributed by atoms with Crippen LogP contribution in [0.25, 0.3) is 0 Å². The lowest BCUT2D eigenvalue weighted by Gasteiger charge is -2.20. The molecular weight excluding hydrogens is 246 g/mol. The molecule has 1 heterocycles. The number of amides is 2. The van der Waals surface area contributed by atoms with Crippen molar-refractivity contribution in [3.05, 3.63) is 24.5 Å². The maximum atomic E-state index is 11.9. The van der Waals surface area contributed by atoms with Gasteiger partial charge < -0.3 is 10.6 Å². The van der Waals surface area contributed by atoms with Gasteiger partial charge in [-0.05, 0) is 30.7 Å². The van der Waals surface area contributed by atoms with Crippen molar-refractivity contribution in [3.8, 4) is 0 Å². The number of carbonyl (C=O) groups is 1. The first kappa shape index (κ1) is 13.2. The van der Waals surface area contributed by atoms with Crippen molar-refractivity contribution in [3.63, 3.8) is 0 Å². The Hall–Kier alpha value is -1.23. The quantitative estimate of drug-likeness (QED) is 0.880. The van der Waals surface area contributed by atoms with Crippen LogP contribution in [0.3, 0.4) is 0 Å². The number of aromatic nitrogens is 1. The van der Waals surface area contributed by atoms with Gasteiger partial charge >= 0.3 is 6.03 Å². The molecule has 1 aromatic heterocycles. The van der Waals surface area contributed by atoms with Crippen LogP contribution < -0.4 is 10.6 Å². The molecule has 5 heteroatoms. The molecule has 0 aromatic carbocycles. The van der Waals surface area contributed by atoms with Gasteiger partial charge in [0.05, 0.1) is 11.9 Å². The zero-order valence-corrected chi connectivity index (χ0v) is 11.4. The molecule has 2 atom stereocenters. The second kappa shape index (κ2) is 6.64. The standard InChI is InChI=1S/C13H19N3OS/c1-2-18-12-7-3-6-11(12)16-13(17)15-10-5-4-8-14-9-10/h4-5,8-9,11-12H,2-3,6-7H2,1H3,(H2,15,16,17)/t11-,12-/m0/s1. The summed E-state index contributed by atoms with van der Waals surface area (Å²) in [7, 11) is 0. The Balaban J connectivity index is 1.84. The van der Waals surface area contributed by atoms with E-state index < -0.39 is 0 Å². The van der Waals surface area contributed by atoms with E-state index >= 15 is 0 Å². The molecule has 1 fully saturated rings. The summed E-state index contributed by atoms with van der Waals surface area (Å²) in [5.74, 6) is 1.10. The average molecular weight is 265 g/mol. The molecule has 2 rings (SSSR count). The van der Waals surface area contributed by atoms with Crippen molar-refractivity contribution in [2.75, 3.05) is 11.1 Å². The Bertz CT molecular complexity index is 385. The van der Waals surface area contributed by atoms with E-state index in [2.05, 4.69) is 22.5 Å². The first-order chi connectivity index (χ1) is 8.79. The number of nitrogens with one attached hydrogen (secondary N) is 2. The van der Waals surface area contributed by atoms with Gasteiger partial charge in [-0.2, -0.15) is 11.8 Å². The largest absolute Gasteiger partial charge is 0.334 e. The number of nitrogens with zero attached hydrogens (tertiary/aromatic N) is 1. The number of urea groups is 1. The highest BCUT2D eigenvalue weighted by molar-refractivity contribution is 7.99. The van der Waals surface area contributed by atoms with Crippen molar-refractivity contribution in [1.29, 1.82) is 0 Å². The second-order valence-electron chi connectivity index (χ2n) is 4.37. The molecule has 98 valence electrons. The van der Waals surface area contributed by atoms with E-state index in [1.807, 2.05) is 17.8 Å². The SMILES string of the molecule is CCS[C@H]1CCC[C@@H]1NC(=O)Nc1cccnc1. The first-order valence-electron chi connectivity index (χ1n) is 6.38. The van der Waals surface area contributed by atoms with E-state index in [1.54, 1.807) is 18.5 Å². The van der Waals surface area contributed by atoms with E-state index in [9.17, 15) is 4.79 Å². The number of carbonyl (C=O) groups excluding carboxylic acids is 1. The summed E-state index contributed by atoms with van der Waals surface area (Å²) in [6, 6.07) is 3.81. The summed E-state index contributed by atoms with van der Waals surface area (Å²) in [5.41, 5.74) is 0.729. The molecule has 0 unspecified atom stereocenters. The molecule has 0 bridgehead atoms. The number of anilines is 1. The Morgan fingerprint density at radius 1 is 1.56 bits per heavy atom. The minimum absolute atomic E-state index is 0.128.